The minimum atomic E-state index is -3.58. The van der Waals surface area contributed by atoms with Gasteiger partial charge in [0, 0.05) is 30.5 Å². The third kappa shape index (κ3) is 5.62. The van der Waals surface area contributed by atoms with E-state index in [9.17, 15) is 13.2 Å². The van der Waals surface area contributed by atoms with Crippen molar-refractivity contribution in [1.29, 1.82) is 0 Å². The van der Waals surface area contributed by atoms with E-state index in [1.807, 2.05) is 11.4 Å². The summed E-state index contributed by atoms with van der Waals surface area (Å²) in [5.74, 6) is 0.802. The molecule has 0 spiro atoms. The number of hydrogen-bond donors (Lipinski definition) is 2. The first-order chi connectivity index (χ1) is 17.9. The van der Waals surface area contributed by atoms with Crippen LogP contribution in [-0.4, -0.2) is 54.9 Å². The van der Waals surface area contributed by atoms with E-state index in [1.54, 1.807) is 48.5 Å². The molecular weight excluding hydrogens is 514 g/mol. The van der Waals surface area contributed by atoms with E-state index >= 15 is 0 Å². The number of carbonyl (C=O) groups excluding carboxylic acids is 1. The summed E-state index contributed by atoms with van der Waals surface area (Å²) in [5, 5.41) is 7.71. The standard InChI is InChI=1S/C25H23N5O5S2/c1-2-22(31)26-18-4-3-5-19(16-18)35-24-23-21(10-15-36-23)28-25(29-24)27-17-6-8-20(9-7-17)37(32,33)30-11-13-34-14-12-30/h2-10,15-16H,1,11-14H2,(H,26,31)(H,27,28,29). The van der Waals surface area contributed by atoms with Gasteiger partial charge in [-0.25, -0.2) is 13.4 Å². The normalized spacial score (nSPS) is 14.3. The third-order valence-electron chi connectivity index (χ3n) is 5.49. The number of sulfonamides is 1. The fourth-order valence-electron chi connectivity index (χ4n) is 3.68. The predicted molar refractivity (Wildman–Crippen MR) is 142 cm³/mol. The summed E-state index contributed by atoms with van der Waals surface area (Å²) in [6.45, 7) is 4.90. The second kappa shape index (κ2) is 10.6. The van der Waals surface area contributed by atoms with E-state index in [1.165, 1.54) is 21.7 Å². The molecule has 3 heterocycles. The van der Waals surface area contributed by atoms with Crippen LogP contribution in [0.25, 0.3) is 10.2 Å². The zero-order valence-corrected chi connectivity index (χ0v) is 21.2. The number of amides is 1. The first kappa shape index (κ1) is 24.8. The van der Waals surface area contributed by atoms with Gasteiger partial charge < -0.3 is 20.1 Å². The Morgan fingerprint density at radius 1 is 1.08 bits per heavy atom. The zero-order valence-electron chi connectivity index (χ0n) is 19.6. The molecule has 190 valence electrons. The van der Waals surface area contributed by atoms with Crippen molar-refractivity contribution in [3.63, 3.8) is 0 Å². The SMILES string of the molecule is C=CC(=O)Nc1cccc(Oc2nc(Nc3ccc(S(=O)(=O)N4CCOCC4)cc3)nc3ccsc23)c1. The lowest BCUT2D eigenvalue weighted by Crippen LogP contribution is -2.40. The van der Waals surface area contributed by atoms with Crippen LogP contribution in [0.1, 0.15) is 0 Å². The van der Waals surface area contributed by atoms with Crippen molar-refractivity contribution in [3.8, 4) is 11.6 Å². The molecule has 2 aromatic heterocycles. The molecule has 0 saturated carbocycles. The van der Waals surface area contributed by atoms with Crippen molar-refractivity contribution in [2.75, 3.05) is 36.9 Å². The number of aromatic nitrogens is 2. The van der Waals surface area contributed by atoms with Gasteiger partial charge >= 0.3 is 0 Å². The lowest BCUT2D eigenvalue weighted by Gasteiger charge is -2.26. The van der Waals surface area contributed by atoms with E-state index in [0.717, 1.165) is 4.70 Å². The van der Waals surface area contributed by atoms with Gasteiger partial charge in [0.25, 0.3) is 0 Å². The van der Waals surface area contributed by atoms with Crippen molar-refractivity contribution in [2.45, 2.75) is 4.90 Å². The minimum Gasteiger partial charge on any atom is -0.437 e. The Morgan fingerprint density at radius 3 is 2.62 bits per heavy atom. The molecular formula is C25H23N5O5S2. The number of carbonyl (C=O) groups is 1. The van der Waals surface area contributed by atoms with Crippen LogP contribution in [0.3, 0.4) is 0 Å². The predicted octanol–water partition coefficient (Wildman–Crippen LogP) is 4.37. The molecule has 1 amide bonds. The summed E-state index contributed by atoms with van der Waals surface area (Å²) in [4.78, 5) is 20.9. The average molecular weight is 538 g/mol. The molecule has 0 radical (unpaired) electrons. The summed E-state index contributed by atoms with van der Waals surface area (Å²) >= 11 is 1.44. The molecule has 10 nitrogen and oxygen atoms in total. The highest BCUT2D eigenvalue weighted by molar-refractivity contribution is 7.89. The second-order valence-corrected chi connectivity index (χ2v) is 10.8. The maximum atomic E-state index is 12.9. The molecule has 2 N–H and O–H groups in total. The second-order valence-electron chi connectivity index (χ2n) is 7.98. The number of fused-ring (bicyclic) bond motifs is 1. The van der Waals surface area contributed by atoms with Gasteiger partial charge in [0.2, 0.25) is 27.8 Å². The number of benzene rings is 2. The van der Waals surface area contributed by atoms with Crippen LogP contribution in [0, 0.1) is 0 Å². The van der Waals surface area contributed by atoms with Crippen LogP contribution in [-0.2, 0) is 19.6 Å². The van der Waals surface area contributed by atoms with Gasteiger partial charge in [-0.2, -0.15) is 9.29 Å². The Labute approximate surface area is 217 Å². The third-order valence-corrected chi connectivity index (χ3v) is 8.30. The van der Waals surface area contributed by atoms with Gasteiger partial charge in [0.1, 0.15) is 10.4 Å². The van der Waals surface area contributed by atoms with E-state index in [2.05, 4.69) is 27.2 Å². The fourth-order valence-corrected chi connectivity index (χ4v) is 5.84. The highest BCUT2D eigenvalue weighted by Gasteiger charge is 2.26. The molecule has 1 saturated heterocycles. The Kier molecular flexibility index (Phi) is 7.15. The van der Waals surface area contributed by atoms with Gasteiger partial charge in [0.05, 0.1) is 23.6 Å². The molecule has 1 fully saturated rings. The lowest BCUT2D eigenvalue weighted by atomic mass is 10.3. The zero-order chi connectivity index (χ0) is 25.8. The van der Waals surface area contributed by atoms with Gasteiger partial charge in [-0.05, 0) is 53.9 Å². The number of morpholine rings is 1. The number of nitrogens with zero attached hydrogens (tertiary/aromatic N) is 3. The average Bonchev–Trinajstić information content (AvgIpc) is 3.39. The molecule has 1 aliphatic rings. The molecule has 1 aliphatic heterocycles. The monoisotopic (exact) mass is 537 g/mol. The number of ether oxygens (including phenoxy) is 2. The van der Waals surface area contributed by atoms with E-state index in [-0.39, 0.29) is 10.8 Å². The maximum Gasteiger partial charge on any atom is 0.247 e. The number of hydrogen-bond acceptors (Lipinski definition) is 9. The van der Waals surface area contributed by atoms with Gasteiger partial charge in [0.15, 0.2) is 0 Å². The molecule has 12 heteroatoms. The maximum absolute atomic E-state index is 12.9. The molecule has 37 heavy (non-hydrogen) atoms. The summed E-state index contributed by atoms with van der Waals surface area (Å²) in [7, 11) is -3.58. The van der Waals surface area contributed by atoms with Gasteiger partial charge in [-0.15, -0.1) is 11.3 Å². The molecule has 0 atom stereocenters. The Hall–Kier alpha value is -3.84. The summed E-state index contributed by atoms with van der Waals surface area (Å²) in [5.41, 5.74) is 1.88. The first-order valence-electron chi connectivity index (χ1n) is 11.3. The lowest BCUT2D eigenvalue weighted by molar-refractivity contribution is -0.111. The van der Waals surface area contributed by atoms with E-state index in [0.29, 0.717) is 60.8 Å². The van der Waals surface area contributed by atoms with Crippen molar-refractivity contribution < 1.29 is 22.7 Å². The van der Waals surface area contributed by atoms with E-state index in [4.69, 9.17) is 9.47 Å². The summed E-state index contributed by atoms with van der Waals surface area (Å²) < 4.78 is 39.3. The van der Waals surface area contributed by atoms with Crippen molar-refractivity contribution in [3.05, 3.63) is 72.6 Å². The molecule has 2 aromatic carbocycles. The molecule has 5 rings (SSSR count). The first-order valence-corrected chi connectivity index (χ1v) is 13.7. The van der Waals surface area contributed by atoms with Crippen LogP contribution in [0.4, 0.5) is 17.3 Å². The Morgan fingerprint density at radius 2 is 1.86 bits per heavy atom. The van der Waals surface area contributed by atoms with Crippen LogP contribution in [0.2, 0.25) is 0 Å². The molecule has 4 aromatic rings. The smallest absolute Gasteiger partial charge is 0.247 e. The molecule has 0 unspecified atom stereocenters. The number of thiophene rings is 1. The van der Waals surface area contributed by atoms with Crippen LogP contribution >= 0.6 is 11.3 Å². The van der Waals surface area contributed by atoms with E-state index < -0.39 is 10.0 Å². The fraction of sp³-hybridized carbons (Fsp3) is 0.160. The Balaban J connectivity index is 1.37. The highest BCUT2D eigenvalue weighted by atomic mass is 32.2. The van der Waals surface area contributed by atoms with Crippen LogP contribution < -0.4 is 15.4 Å². The Bertz CT molecular complexity index is 1550. The van der Waals surface area contributed by atoms with Gasteiger partial charge in [-0.1, -0.05) is 12.6 Å². The quantitative estimate of drug-likeness (QED) is 0.318. The number of nitrogens with one attached hydrogen (secondary N) is 2. The summed E-state index contributed by atoms with van der Waals surface area (Å²) in [6.07, 6.45) is 1.19. The van der Waals surface area contributed by atoms with Crippen LogP contribution in [0.5, 0.6) is 11.6 Å². The van der Waals surface area contributed by atoms with Crippen molar-refractivity contribution >= 4 is 54.8 Å². The van der Waals surface area contributed by atoms with Crippen LogP contribution in [0.15, 0.2) is 77.5 Å². The topological polar surface area (TPSA) is 123 Å². The minimum absolute atomic E-state index is 0.210. The van der Waals surface area contributed by atoms with Crippen molar-refractivity contribution in [1.82, 2.24) is 14.3 Å². The highest BCUT2D eigenvalue weighted by Crippen LogP contribution is 2.34. The molecule has 0 aliphatic carbocycles. The number of rotatable bonds is 8. The largest absolute Gasteiger partial charge is 0.437 e. The van der Waals surface area contributed by atoms with Crippen molar-refractivity contribution in [2.24, 2.45) is 0 Å². The molecule has 0 bridgehead atoms. The number of anilines is 3. The van der Waals surface area contributed by atoms with Gasteiger partial charge in [-0.3, -0.25) is 4.79 Å². The summed E-state index contributed by atoms with van der Waals surface area (Å²) in [6, 6.07) is 15.2.